The largest absolute Gasteiger partial charge is 0.444 e. The van der Waals surface area contributed by atoms with E-state index in [1.54, 1.807) is 27.7 Å². The zero-order valence-corrected chi connectivity index (χ0v) is 10.9. The van der Waals surface area contributed by atoms with Crippen LogP contribution in [0.15, 0.2) is 0 Å². The Morgan fingerprint density at radius 3 is 2.38 bits per heavy atom. The fourth-order valence-electron chi connectivity index (χ4n) is 0.884. The molecule has 0 aromatic heterocycles. The lowest BCUT2D eigenvalue weighted by molar-refractivity contribution is 0.0513. The molecule has 0 saturated carbocycles. The van der Waals surface area contributed by atoms with Gasteiger partial charge in [-0.3, -0.25) is 0 Å². The number of hydrogen-bond donors (Lipinski definition) is 1. The Hall–Kier alpha value is -0.520. The molecule has 1 N–H and O–H groups in total. The van der Waals surface area contributed by atoms with Crippen molar-refractivity contribution < 1.29 is 18.3 Å². The zero-order chi connectivity index (χ0) is 12.8. The Bertz CT molecular complexity index is 219. The zero-order valence-electron chi connectivity index (χ0n) is 10.0. The number of alkyl halides is 2. The van der Waals surface area contributed by atoms with Crippen LogP contribution in [0.25, 0.3) is 0 Å². The van der Waals surface area contributed by atoms with Gasteiger partial charge in [0.15, 0.2) is 0 Å². The van der Waals surface area contributed by atoms with E-state index in [-0.39, 0.29) is 11.8 Å². The summed E-state index contributed by atoms with van der Waals surface area (Å²) in [6.07, 6.45) is -2.82. The summed E-state index contributed by atoms with van der Waals surface area (Å²) in [7, 11) is 0. The normalized spacial score (nSPS) is 13.7. The summed E-state index contributed by atoms with van der Waals surface area (Å²) in [5.41, 5.74) is -0.542. The molecule has 1 atom stereocenters. The van der Waals surface area contributed by atoms with Crippen molar-refractivity contribution in [1.29, 1.82) is 0 Å². The van der Waals surface area contributed by atoms with Crippen LogP contribution in [0, 0.1) is 0 Å². The van der Waals surface area contributed by atoms with E-state index in [0.717, 1.165) is 11.8 Å². The van der Waals surface area contributed by atoms with Gasteiger partial charge in [-0.1, -0.05) is 0 Å². The minimum Gasteiger partial charge on any atom is -0.444 e. The Morgan fingerprint density at radius 2 is 1.94 bits per heavy atom. The highest BCUT2D eigenvalue weighted by Crippen LogP contribution is 2.10. The summed E-state index contributed by atoms with van der Waals surface area (Å²) in [6, 6.07) is -0.182. The first-order valence-corrected chi connectivity index (χ1v) is 6.21. The maximum atomic E-state index is 11.8. The van der Waals surface area contributed by atoms with Gasteiger partial charge >= 0.3 is 6.09 Å². The Labute approximate surface area is 99.3 Å². The van der Waals surface area contributed by atoms with E-state index in [9.17, 15) is 13.6 Å². The second-order valence-corrected chi connectivity index (χ2v) is 5.55. The van der Waals surface area contributed by atoms with Gasteiger partial charge < -0.3 is 10.1 Å². The number of rotatable bonds is 5. The molecule has 0 heterocycles. The van der Waals surface area contributed by atoms with E-state index in [1.807, 2.05) is 0 Å². The molecule has 96 valence electrons. The van der Waals surface area contributed by atoms with E-state index >= 15 is 0 Å². The van der Waals surface area contributed by atoms with Gasteiger partial charge in [-0.05, 0) is 27.7 Å². The quantitative estimate of drug-likeness (QED) is 0.821. The minimum atomic E-state index is -2.31. The van der Waals surface area contributed by atoms with E-state index in [0.29, 0.717) is 5.75 Å². The molecule has 0 rings (SSSR count). The van der Waals surface area contributed by atoms with E-state index in [1.165, 1.54) is 0 Å². The van der Waals surface area contributed by atoms with Crippen molar-refractivity contribution in [2.75, 3.05) is 11.5 Å². The number of carbonyl (C=O) groups excluding carboxylic acids is 1. The molecule has 3 nitrogen and oxygen atoms in total. The topological polar surface area (TPSA) is 38.3 Å². The molecular weight excluding hydrogens is 236 g/mol. The maximum absolute atomic E-state index is 11.8. The van der Waals surface area contributed by atoms with Gasteiger partial charge in [0.25, 0.3) is 0 Å². The highest BCUT2D eigenvalue weighted by molar-refractivity contribution is 7.99. The van der Waals surface area contributed by atoms with Crippen molar-refractivity contribution in [3.63, 3.8) is 0 Å². The molecule has 0 radical (unpaired) electrons. The van der Waals surface area contributed by atoms with Gasteiger partial charge in [-0.2, -0.15) is 11.8 Å². The number of ether oxygens (including phenoxy) is 1. The van der Waals surface area contributed by atoms with Gasteiger partial charge in [-0.25, -0.2) is 13.6 Å². The van der Waals surface area contributed by atoms with Gasteiger partial charge in [0, 0.05) is 11.8 Å². The lowest BCUT2D eigenvalue weighted by Gasteiger charge is -2.21. The fourth-order valence-corrected chi connectivity index (χ4v) is 1.64. The number of hydrogen-bond acceptors (Lipinski definition) is 3. The molecule has 0 saturated heterocycles. The highest BCUT2D eigenvalue weighted by Gasteiger charge is 2.17. The van der Waals surface area contributed by atoms with Crippen LogP contribution in [0.2, 0.25) is 0 Å². The smallest absolute Gasteiger partial charge is 0.407 e. The molecule has 1 unspecified atom stereocenters. The molecule has 0 bridgehead atoms. The lowest BCUT2D eigenvalue weighted by Crippen LogP contribution is -2.38. The second-order valence-electron chi connectivity index (χ2n) is 4.48. The van der Waals surface area contributed by atoms with Crippen LogP contribution < -0.4 is 5.32 Å². The van der Waals surface area contributed by atoms with E-state index in [2.05, 4.69) is 5.32 Å². The van der Waals surface area contributed by atoms with Gasteiger partial charge in [-0.15, -0.1) is 0 Å². The maximum Gasteiger partial charge on any atom is 0.407 e. The van der Waals surface area contributed by atoms with Crippen LogP contribution in [0.3, 0.4) is 0 Å². The van der Waals surface area contributed by atoms with Crippen LogP contribution in [0.1, 0.15) is 27.7 Å². The first kappa shape index (κ1) is 15.5. The Balaban J connectivity index is 3.70. The predicted octanol–water partition coefficient (Wildman–Crippen LogP) is 2.90. The number of nitrogens with one attached hydrogen (secondary N) is 1. The molecule has 0 aromatic rings. The van der Waals surface area contributed by atoms with Crippen LogP contribution >= 0.6 is 11.8 Å². The van der Waals surface area contributed by atoms with Crippen LogP contribution in [0.4, 0.5) is 13.6 Å². The fraction of sp³-hybridized carbons (Fsp3) is 0.900. The summed E-state index contributed by atoms with van der Waals surface area (Å²) in [4.78, 5) is 11.3. The van der Waals surface area contributed by atoms with Crippen LogP contribution in [0.5, 0.6) is 0 Å². The van der Waals surface area contributed by atoms with Crippen molar-refractivity contribution in [2.24, 2.45) is 0 Å². The number of carbonyl (C=O) groups is 1. The molecule has 0 spiro atoms. The molecule has 0 aromatic carbocycles. The van der Waals surface area contributed by atoms with Crippen molar-refractivity contribution in [2.45, 2.75) is 45.8 Å². The van der Waals surface area contributed by atoms with Gasteiger partial charge in [0.2, 0.25) is 6.43 Å². The molecule has 6 heteroatoms. The third-order valence-corrected chi connectivity index (χ3v) is 2.60. The Kier molecular flexibility index (Phi) is 6.71. The molecule has 0 aliphatic rings. The summed E-state index contributed by atoms with van der Waals surface area (Å²) in [5, 5.41) is 2.58. The minimum absolute atomic E-state index is 0.182. The predicted molar refractivity (Wildman–Crippen MR) is 62.2 cm³/mol. The Morgan fingerprint density at radius 1 is 1.38 bits per heavy atom. The third-order valence-electron chi connectivity index (χ3n) is 1.37. The van der Waals surface area contributed by atoms with Crippen molar-refractivity contribution in [1.82, 2.24) is 5.32 Å². The highest BCUT2D eigenvalue weighted by atomic mass is 32.2. The number of halogens is 2. The summed E-state index contributed by atoms with van der Waals surface area (Å²) >= 11 is 1.11. The average Bonchev–Trinajstić information content (AvgIpc) is 1.98. The van der Waals surface area contributed by atoms with Crippen molar-refractivity contribution in [3.05, 3.63) is 0 Å². The van der Waals surface area contributed by atoms with Crippen LogP contribution in [-0.4, -0.2) is 35.7 Å². The number of amides is 1. The first-order chi connectivity index (χ1) is 7.20. The SMILES string of the molecule is CC(CSCC(F)F)NC(=O)OC(C)(C)C. The molecule has 0 aliphatic carbocycles. The molecule has 0 aliphatic heterocycles. The molecule has 16 heavy (non-hydrogen) atoms. The molecule has 0 fully saturated rings. The summed E-state index contributed by atoms with van der Waals surface area (Å²) < 4.78 is 28.7. The van der Waals surface area contributed by atoms with Gasteiger partial charge in [0.1, 0.15) is 5.60 Å². The van der Waals surface area contributed by atoms with Gasteiger partial charge in [0.05, 0.1) is 5.75 Å². The van der Waals surface area contributed by atoms with E-state index < -0.39 is 18.1 Å². The third kappa shape index (κ3) is 10.0. The molecule has 1 amide bonds. The molecular formula is C10H19F2NO2S. The number of alkyl carbamates (subject to hydrolysis) is 1. The van der Waals surface area contributed by atoms with E-state index in [4.69, 9.17) is 4.74 Å². The van der Waals surface area contributed by atoms with Crippen LogP contribution in [-0.2, 0) is 4.74 Å². The lowest BCUT2D eigenvalue weighted by atomic mass is 10.2. The second kappa shape index (κ2) is 6.93. The van der Waals surface area contributed by atoms with Crippen molar-refractivity contribution >= 4 is 17.9 Å². The monoisotopic (exact) mass is 255 g/mol. The standard InChI is InChI=1S/C10H19F2NO2S/c1-7(5-16-6-8(11)12)13-9(14)15-10(2,3)4/h7-8H,5-6H2,1-4H3,(H,13,14). The van der Waals surface area contributed by atoms with Crippen molar-refractivity contribution in [3.8, 4) is 0 Å². The summed E-state index contributed by atoms with van der Waals surface area (Å²) in [6.45, 7) is 7.05. The average molecular weight is 255 g/mol. The number of thioether (sulfide) groups is 1. The first-order valence-electron chi connectivity index (χ1n) is 5.06. The summed E-state index contributed by atoms with van der Waals surface area (Å²) in [5.74, 6) is 0.240.